The second-order valence-corrected chi connectivity index (χ2v) is 8.32. The fourth-order valence-electron chi connectivity index (χ4n) is 4.08. The summed E-state index contributed by atoms with van der Waals surface area (Å²) in [6.07, 6.45) is 1.32. The lowest BCUT2D eigenvalue weighted by Gasteiger charge is -2.28. The first kappa shape index (κ1) is 22.6. The molecule has 3 aromatic carbocycles. The van der Waals surface area contributed by atoms with Gasteiger partial charge in [-0.05, 0) is 42.2 Å². The Kier molecular flexibility index (Phi) is 6.75. The van der Waals surface area contributed by atoms with Crippen molar-refractivity contribution in [1.29, 1.82) is 5.41 Å². The minimum absolute atomic E-state index is 0.0793. The first-order chi connectivity index (χ1) is 16.0. The number of carbonyl (C=O) groups excluding carboxylic acids is 2. The molecule has 1 fully saturated rings. The molecule has 0 bridgehead atoms. The SMILES string of the molecule is N=C1NC(c2ccccc2)(c2ccccc2)C(=O)N1CCCCNC(=O)c1cccc(Cl)c1. The van der Waals surface area contributed by atoms with E-state index in [9.17, 15) is 9.59 Å². The molecule has 3 N–H and O–H groups in total. The highest BCUT2D eigenvalue weighted by molar-refractivity contribution is 6.30. The van der Waals surface area contributed by atoms with E-state index >= 15 is 0 Å². The summed E-state index contributed by atoms with van der Waals surface area (Å²) >= 11 is 5.94. The lowest BCUT2D eigenvalue weighted by atomic mass is 9.82. The summed E-state index contributed by atoms with van der Waals surface area (Å²) in [5.41, 5.74) is 0.976. The second kappa shape index (κ2) is 9.88. The summed E-state index contributed by atoms with van der Waals surface area (Å²) in [5.74, 6) is -0.278. The molecule has 3 aromatic rings. The zero-order valence-electron chi connectivity index (χ0n) is 18.1. The predicted octanol–water partition coefficient (Wildman–Crippen LogP) is 4.16. The van der Waals surface area contributed by atoms with Gasteiger partial charge in [0.05, 0.1) is 0 Å². The Morgan fingerprint density at radius 3 is 2.18 bits per heavy atom. The number of benzene rings is 3. The molecule has 0 aromatic heterocycles. The molecular formula is C26H25ClN4O2. The molecule has 0 aliphatic carbocycles. The van der Waals surface area contributed by atoms with E-state index in [-0.39, 0.29) is 17.8 Å². The minimum atomic E-state index is -1.12. The van der Waals surface area contributed by atoms with Crippen LogP contribution in [0, 0.1) is 5.41 Å². The van der Waals surface area contributed by atoms with Crippen molar-refractivity contribution in [3.8, 4) is 0 Å². The van der Waals surface area contributed by atoms with Crippen molar-refractivity contribution in [3.63, 3.8) is 0 Å². The van der Waals surface area contributed by atoms with Crippen LogP contribution in [0.2, 0.25) is 5.02 Å². The Bertz CT molecular complexity index is 1110. The molecule has 0 atom stereocenters. The third-order valence-corrected chi connectivity index (χ3v) is 5.97. The Morgan fingerprint density at radius 1 is 0.939 bits per heavy atom. The standard InChI is InChI=1S/C26H25ClN4O2/c27-22-15-9-10-19(18-22)23(32)29-16-7-8-17-31-24(33)26(30-25(31)28,20-11-3-1-4-12-20)21-13-5-2-6-14-21/h1-6,9-15,18H,7-8,16-17H2,(H2,28,30)(H,29,32). The van der Waals surface area contributed by atoms with Gasteiger partial charge in [-0.15, -0.1) is 0 Å². The fourth-order valence-corrected chi connectivity index (χ4v) is 4.27. The van der Waals surface area contributed by atoms with Gasteiger partial charge in [0.15, 0.2) is 11.5 Å². The summed E-state index contributed by atoms with van der Waals surface area (Å²) in [5, 5.41) is 15.0. The van der Waals surface area contributed by atoms with Crippen molar-refractivity contribution in [2.75, 3.05) is 13.1 Å². The zero-order valence-corrected chi connectivity index (χ0v) is 18.8. The van der Waals surface area contributed by atoms with E-state index in [1.807, 2.05) is 60.7 Å². The molecule has 6 nitrogen and oxygen atoms in total. The molecule has 1 heterocycles. The number of amides is 2. The van der Waals surface area contributed by atoms with Crippen LogP contribution < -0.4 is 10.6 Å². The summed E-state index contributed by atoms with van der Waals surface area (Å²) < 4.78 is 0. The number of hydrogen-bond acceptors (Lipinski definition) is 3. The first-order valence-electron chi connectivity index (χ1n) is 10.9. The molecule has 0 spiro atoms. The van der Waals surface area contributed by atoms with E-state index in [0.717, 1.165) is 11.1 Å². The number of nitrogens with zero attached hydrogens (tertiary/aromatic N) is 1. The topological polar surface area (TPSA) is 85.3 Å². The maximum atomic E-state index is 13.7. The lowest BCUT2D eigenvalue weighted by Crippen LogP contribution is -2.45. The number of halogens is 1. The van der Waals surface area contributed by atoms with E-state index in [2.05, 4.69) is 10.6 Å². The quantitative estimate of drug-likeness (QED) is 0.441. The van der Waals surface area contributed by atoms with Gasteiger partial charge in [0.2, 0.25) is 0 Å². The van der Waals surface area contributed by atoms with Crippen molar-refractivity contribution >= 4 is 29.4 Å². The maximum Gasteiger partial charge on any atom is 0.264 e. The van der Waals surface area contributed by atoms with Crippen LogP contribution in [0.3, 0.4) is 0 Å². The molecule has 1 aliphatic rings. The van der Waals surface area contributed by atoms with Gasteiger partial charge in [-0.3, -0.25) is 19.9 Å². The van der Waals surface area contributed by atoms with Crippen LogP contribution >= 0.6 is 11.6 Å². The van der Waals surface area contributed by atoms with Crippen molar-refractivity contribution in [1.82, 2.24) is 15.5 Å². The molecule has 1 saturated heterocycles. The van der Waals surface area contributed by atoms with Gasteiger partial charge < -0.3 is 10.6 Å². The van der Waals surface area contributed by atoms with Crippen LogP contribution in [0.15, 0.2) is 84.9 Å². The van der Waals surface area contributed by atoms with Crippen molar-refractivity contribution in [2.45, 2.75) is 18.4 Å². The number of hydrogen-bond donors (Lipinski definition) is 3. The van der Waals surface area contributed by atoms with Gasteiger partial charge in [0, 0.05) is 23.7 Å². The van der Waals surface area contributed by atoms with Gasteiger partial charge >= 0.3 is 0 Å². The minimum Gasteiger partial charge on any atom is -0.352 e. The van der Waals surface area contributed by atoms with E-state index < -0.39 is 5.54 Å². The lowest BCUT2D eigenvalue weighted by molar-refractivity contribution is -0.130. The molecule has 4 rings (SSSR count). The first-order valence-corrected chi connectivity index (χ1v) is 11.2. The van der Waals surface area contributed by atoms with Gasteiger partial charge in [0.1, 0.15) is 0 Å². The molecule has 168 valence electrons. The Morgan fingerprint density at radius 2 is 1.58 bits per heavy atom. The number of guanidine groups is 1. The molecular weight excluding hydrogens is 436 g/mol. The van der Waals surface area contributed by atoms with Crippen molar-refractivity contribution in [3.05, 3.63) is 107 Å². The van der Waals surface area contributed by atoms with Crippen LogP contribution in [0.5, 0.6) is 0 Å². The number of rotatable bonds is 8. The van der Waals surface area contributed by atoms with E-state index in [0.29, 0.717) is 36.5 Å². The average molecular weight is 461 g/mol. The van der Waals surface area contributed by atoms with Crippen molar-refractivity contribution in [2.24, 2.45) is 0 Å². The molecule has 0 radical (unpaired) electrons. The average Bonchev–Trinajstić information content (AvgIpc) is 3.10. The monoisotopic (exact) mass is 460 g/mol. The Balaban J connectivity index is 1.41. The molecule has 1 aliphatic heterocycles. The van der Waals surface area contributed by atoms with Crippen LogP contribution in [0.25, 0.3) is 0 Å². The number of unbranched alkanes of at least 4 members (excludes halogenated alkanes) is 1. The van der Waals surface area contributed by atoms with E-state index in [1.165, 1.54) is 4.90 Å². The van der Waals surface area contributed by atoms with Crippen molar-refractivity contribution < 1.29 is 9.59 Å². The summed E-state index contributed by atoms with van der Waals surface area (Å²) in [6, 6.07) is 25.8. The summed E-state index contributed by atoms with van der Waals surface area (Å²) in [6.45, 7) is 0.857. The molecule has 7 heteroatoms. The summed E-state index contributed by atoms with van der Waals surface area (Å²) in [7, 11) is 0. The Hall–Kier alpha value is -3.64. The van der Waals surface area contributed by atoms with E-state index in [4.69, 9.17) is 17.0 Å². The van der Waals surface area contributed by atoms with Gasteiger partial charge in [-0.25, -0.2) is 0 Å². The highest BCUT2D eigenvalue weighted by Crippen LogP contribution is 2.35. The van der Waals surface area contributed by atoms with E-state index in [1.54, 1.807) is 24.3 Å². The normalized spacial score (nSPS) is 14.8. The van der Waals surface area contributed by atoms with Gasteiger partial charge in [-0.1, -0.05) is 78.3 Å². The summed E-state index contributed by atoms with van der Waals surface area (Å²) in [4.78, 5) is 27.4. The van der Waals surface area contributed by atoms with Gasteiger partial charge in [-0.2, -0.15) is 0 Å². The zero-order chi connectivity index (χ0) is 23.3. The Labute approximate surface area is 198 Å². The maximum absolute atomic E-state index is 13.7. The predicted molar refractivity (Wildman–Crippen MR) is 129 cm³/mol. The second-order valence-electron chi connectivity index (χ2n) is 7.89. The van der Waals surface area contributed by atoms with Gasteiger partial charge in [0.25, 0.3) is 11.8 Å². The third-order valence-electron chi connectivity index (χ3n) is 5.74. The van der Waals surface area contributed by atoms with Crippen LogP contribution in [-0.4, -0.2) is 35.8 Å². The third kappa shape index (κ3) is 4.61. The highest BCUT2D eigenvalue weighted by Gasteiger charge is 2.51. The van der Waals surface area contributed by atoms with Crippen LogP contribution in [0.4, 0.5) is 0 Å². The largest absolute Gasteiger partial charge is 0.352 e. The van der Waals surface area contributed by atoms with Crippen LogP contribution in [0.1, 0.15) is 34.3 Å². The number of carbonyl (C=O) groups is 2. The fraction of sp³-hybridized carbons (Fsp3) is 0.192. The van der Waals surface area contributed by atoms with Crippen LogP contribution in [-0.2, 0) is 10.3 Å². The number of nitrogens with one attached hydrogen (secondary N) is 3. The smallest absolute Gasteiger partial charge is 0.264 e. The highest BCUT2D eigenvalue weighted by atomic mass is 35.5. The molecule has 2 amide bonds. The molecule has 33 heavy (non-hydrogen) atoms. The molecule has 0 unspecified atom stereocenters. The molecule has 0 saturated carbocycles.